The van der Waals surface area contributed by atoms with Gasteiger partial charge in [0.2, 0.25) is 5.71 Å². The standard InChI is InChI=1S/C30H30N2O/c1-19-18-31-27(16-23(19)15-21-10-12-22(13-11-21)17-30(3,4)5)26-8-6-7-24-25-14-9-20(2)32-29(25)33-28(24)26/h6-14,16,18H,15,17H2,1-5H3/i2D3. The van der Waals surface area contributed by atoms with Crippen molar-refractivity contribution in [1.29, 1.82) is 0 Å². The number of benzene rings is 2. The van der Waals surface area contributed by atoms with Gasteiger partial charge >= 0.3 is 0 Å². The van der Waals surface area contributed by atoms with Crippen LogP contribution < -0.4 is 0 Å². The van der Waals surface area contributed by atoms with Gasteiger partial charge in [-0.15, -0.1) is 0 Å². The van der Waals surface area contributed by atoms with Crippen molar-refractivity contribution in [2.24, 2.45) is 5.41 Å². The summed E-state index contributed by atoms with van der Waals surface area (Å²) < 4.78 is 29.1. The summed E-state index contributed by atoms with van der Waals surface area (Å²) in [4.78, 5) is 9.00. The lowest BCUT2D eigenvalue weighted by atomic mass is 9.87. The minimum atomic E-state index is -2.28. The van der Waals surface area contributed by atoms with Crippen LogP contribution in [0.4, 0.5) is 0 Å². The Morgan fingerprint density at radius 1 is 0.939 bits per heavy atom. The average molecular weight is 438 g/mol. The molecular formula is C30H30N2O. The van der Waals surface area contributed by atoms with Crippen molar-refractivity contribution >= 4 is 22.1 Å². The van der Waals surface area contributed by atoms with Gasteiger partial charge in [-0.05, 0) is 78.6 Å². The molecular weight excluding hydrogens is 404 g/mol. The van der Waals surface area contributed by atoms with E-state index in [0.717, 1.165) is 40.4 Å². The molecule has 0 saturated heterocycles. The monoisotopic (exact) mass is 437 g/mol. The number of rotatable bonds is 4. The second-order valence-corrected chi connectivity index (χ2v) is 10.1. The molecule has 0 atom stereocenters. The van der Waals surface area contributed by atoms with Gasteiger partial charge in [0.25, 0.3) is 0 Å². The molecule has 0 N–H and O–H groups in total. The summed E-state index contributed by atoms with van der Waals surface area (Å²) in [7, 11) is 0. The number of hydrogen-bond donors (Lipinski definition) is 0. The zero-order valence-corrected chi connectivity index (χ0v) is 19.6. The Morgan fingerprint density at radius 2 is 1.73 bits per heavy atom. The van der Waals surface area contributed by atoms with E-state index in [-0.39, 0.29) is 11.1 Å². The van der Waals surface area contributed by atoms with Crippen LogP contribution in [0.1, 0.15) is 52.8 Å². The molecule has 0 amide bonds. The molecule has 0 saturated carbocycles. The summed E-state index contributed by atoms with van der Waals surface area (Å²) in [6.07, 6.45) is 3.78. The molecule has 0 aliphatic carbocycles. The smallest absolute Gasteiger partial charge is 0.227 e. The largest absolute Gasteiger partial charge is 0.437 e. The minimum absolute atomic E-state index is 0.0277. The van der Waals surface area contributed by atoms with E-state index >= 15 is 0 Å². The maximum atomic E-state index is 7.66. The molecule has 3 heteroatoms. The van der Waals surface area contributed by atoms with Gasteiger partial charge in [0.15, 0.2) is 0 Å². The van der Waals surface area contributed by atoms with E-state index in [1.54, 1.807) is 12.1 Å². The van der Waals surface area contributed by atoms with E-state index in [9.17, 15) is 0 Å². The Morgan fingerprint density at radius 3 is 2.48 bits per heavy atom. The number of nitrogens with zero attached hydrogens (tertiary/aromatic N) is 2. The number of hydrogen-bond acceptors (Lipinski definition) is 3. The van der Waals surface area contributed by atoms with Crippen LogP contribution >= 0.6 is 0 Å². The van der Waals surface area contributed by atoms with Gasteiger partial charge in [-0.25, -0.2) is 4.98 Å². The Balaban J connectivity index is 1.51. The number of aromatic nitrogens is 2. The first-order chi connectivity index (χ1) is 17.0. The Kier molecular flexibility index (Phi) is 4.45. The van der Waals surface area contributed by atoms with Gasteiger partial charge in [-0.1, -0.05) is 57.2 Å². The summed E-state index contributed by atoms with van der Waals surface area (Å²) >= 11 is 0. The molecule has 3 aromatic heterocycles. The van der Waals surface area contributed by atoms with Crippen LogP contribution in [0.2, 0.25) is 0 Å². The van der Waals surface area contributed by atoms with Gasteiger partial charge in [0, 0.05) is 32.3 Å². The summed E-state index contributed by atoms with van der Waals surface area (Å²) in [5.41, 5.74) is 7.92. The summed E-state index contributed by atoms with van der Waals surface area (Å²) in [5.74, 6) is 0. The highest BCUT2D eigenvalue weighted by Gasteiger charge is 2.15. The van der Waals surface area contributed by atoms with E-state index < -0.39 is 6.85 Å². The van der Waals surface area contributed by atoms with Crippen LogP contribution in [0.15, 0.2) is 71.3 Å². The van der Waals surface area contributed by atoms with Crippen molar-refractivity contribution in [1.82, 2.24) is 9.97 Å². The van der Waals surface area contributed by atoms with Crippen molar-refractivity contribution in [3.05, 3.63) is 94.8 Å². The Bertz CT molecular complexity index is 1560. The van der Waals surface area contributed by atoms with Crippen molar-refractivity contribution < 1.29 is 8.53 Å². The summed E-state index contributed by atoms with van der Waals surface area (Å²) in [5, 5.41) is 1.69. The molecule has 5 aromatic rings. The van der Waals surface area contributed by atoms with Crippen LogP contribution in [0, 0.1) is 19.2 Å². The van der Waals surface area contributed by atoms with Crippen molar-refractivity contribution in [3.63, 3.8) is 0 Å². The Labute approximate surface area is 199 Å². The van der Waals surface area contributed by atoms with E-state index in [4.69, 9.17) is 13.5 Å². The maximum Gasteiger partial charge on any atom is 0.227 e. The number of para-hydroxylation sites is 1. The van der Waals surface area contributed by atoms with Crippen LogP contribution in [-0.2, 0) is 12.8 Å². The third kappa shape index (κ3) is 4.41. The van der Waals surface area contributed by atoms with Crippen LogP contribution in [0.25, 0.3) is 33.3 Å². The Hall–Kier alpha value is -3.46. The molecule has 0 fully saturated rings. The molecule has 3 nitrogen and oxygen atoms in total. The van der Waals surface area contributed by atoms with Gasteiger partial charge in [-0.2, -0.15) is 0 Å². The van der Waals surface area contributed by atoms with Gasteiger partial charge in [0.1, 0.15) is 5.58 Å². The van der Waals surface area contributed by atoms with Gasteiger partial charge < -0.3 is 4.42 Å². The molecule has 33 heavy (non-hydrogen) atoms. The topological polar surface area (TPSA) is 38.9 Å². The van der Waals surface area contributed by atoms with E-state index in [0.29, 0.717) is 11.3 Å². The number of pyridine rings is 2. The molecule has 0 unspecified atom stereocenters. The molecule has 0 aliphatic rings. The predicted molar refractivity (Wildman–Crippen MR) is 137 cm³/mol. The SMILES string of the molecule is [2H]C([2H])([2H])c1ccc2c(n1)oc1c(-c3cc(Cc4ccc(CC(C)(C)C)cc4)c(C)cn3)cccc12. The fourth-order valence-corrected chi connectivity index (χ4v) is 4.39. The highest BCUT2D eigenvalue weighted by Crippen LogP contribution is 2.35. The summed E-state index contributed by atoms with van der Waals surface area (Å²) in [6, 6.07) is 20.3. The highest BCUT2D eigenvalue weighted by atomic mass is 16.3. The van der Waals surface area contributed by atoms with Gasteiger partial charge in [0.05, 0.1) is 5.69 Å². The van der Waals surface area contributed by atoms with E-state index in [1.807, 2.05) is 24.4 Å². The minimum Gasteiger partial charge on any atom is -0.437 e. The van der Waals surface area contributed by atoms with Crippen LogP contribution in [0.3, 0.4) is 0 Å². The van der Waals surface area contributed by atoms with E-state index in [1.165, 1.54) is 16.7 Å². The van der Waals surface area contributed by atoms with Crippen LogP contribution in [0.5, 0.6) is 0 Å². The zero-order valence-electron chi connectivity index (χ0n) is 22.6. The van der Waals surface area contributed by atoms with Gasteiger partial charge in [-0.3, -0.25) is 4.98 Å². The zero-order chi connectivity index (χ0) is 25.7. The van der Waals surface area contributed by atoms with E-state index in [2.05, 4.69) is 63.0 Å². The second kappa shape index (κ2) is 8.15. The quantitative estimate of drug-likeness (QED) is 0.287. The third-order valence-corrected chi connectivity index (χ3v) is 6.01. The highest BCUT2D eigenvalue weighted by molar-refractivity contribution is 6.08. The van der Waals surface area contributed by atoms with Crippen molar-refractivity contribution in [2.75, 3.05) is 0 Å². The second-order valence-electron chi connectivity index (χ2n) is 10.1. The summed E-state index contributed by atoms with van der Waals surface area (Å²) in [6.45, 7) is 6.58. The average Bonchev–Trinajstić information content (AvgIpc) is 3.18. The lowest BCUT2D eigenvalue weighted by Gasteiger charge is -2.18. The van der Waals surface area contributed by atoms with Crippen LogP contribution in [-0.4, -0.2) is 9.97 Å². The molecule has 2 aromatic carbocycles. The number of fused-ring (bicyclic) bond motifs is 3. The lowest BCUT2D eigenvalue weighted by molar-refractivity contribution is 0.411. The fourth-order valence-electron chi connectivity index (χ4n) is 4.39. The first kappa shape index (κ1) is 18.0. The lowest BCUT2D eigenvalue weighted by Crippen LogP contribution is -2.09. The molecule has 166 valence electrons. The number of furan rings is 1. The fraction of sp³-hybridized carbons (Fsp3) is 0.267. The number of aryl methyl sites for hydroxylation is 2. The first-order valence-corrected chi connectivity index (χ1v) is 11.3. The molecule has 0 spiro atoms. The molecule has 5 rings (SSSR count). The normalized spacial score (nSPS) is 13.8. The first-order valence-electron chi connectivity index (χ1n) is 12.8. The molecule has 0 radical (unpaired) electrons. The van der Waals surface area contributed by atoms with Crippen molar-refractivity contribution in [3.8, 4) is 11.3 Å². The molecule has 3 heterocycles. The molecule has 0 bridgehead atoms. The predicted octanol–water partition coefficient (Wildman–Crippen LogP) is 7.84. The maximum absolute atomic E-state index is 7.66. The van der Waals surface area contributed by atoms with Crippen molar-refractivity contribution in [2.45, 2.75) is 47.4 Å². The third-order valence-electron chi connectivity index (χ3n) is 6.01. The molecule has 0 aliphatic heterocycles.